The van der Waals surface area contributed by atoms with Crippen molar-refractivity contribution in [2.45, 2.75) is 32.7 Å². The van der Waals surface area contributed by atoms with Gasteiger partial charge in [-0.15, -0.1) is 0 Å². The number of nitrogens with one attached hydrogen (secondary N) is 3. The van der Waals surface area contributed by atoms with Gasteiger partial charge in [-0.05, 0) is 31.4 Å². The fraction of sp³-hybridized carbons (Fsp3) is 0.529. The van der Waals surface area contributed by atoms with Crippen LogP contribution in [0.5, 0.6) is 0 Å². The fourth-order valence-electron chi connectivity index (χ4n) is 2.96. The van der Waals surface area contributed by atoms with Gasteiger partial charge < -0.3 is 20.4 Å². The molecule has 0 aromatic carbocycles. The minimum atomic E-state index is -0.318. The number of esters is 1. The van der Waals surface area contributed by atoms with Crippen molar-refractivity contribution in [2.75, 3.05) is 25.0 Å². The molecule has 6 heteroatoms. The largest absolute Gasteiger partial charge is 0.462 e. The predicted octanol–water partition coefficient (Wildman–Crippen LogP) is 2.54. The number of aromatic nitrogens is 2. The summed E-state index contributed by atoms with van der Waals surface area (Å²) in [4.78, 5) is 19.8. The van der Waals surface area contributed by atoms with Crippen molar-refractivity contribution in [1.29, 1.82) is 0 Å². The number of fused-ring (bicyclic) bond motifs is 1. The van der Waals surface area contributed by atoms with Crippen molar-refractivity contribution in [1.82, 2.24) is 15.3 Å². The Balaban J connectivity index is 1.94. The summed E-state index contributed by atoms with van der Waals surface area (Å²) in [5.74, 6) is 0.222. The molecule has 1 saturated heterocycles. The summed E-state index contributed by atoms with van der Waals surface area (Å²) in [5, 5.41) is 7.90. The molecule has 1 fully saturated rings. The van der Waals surface area contributed by atoms with Gasteiger partial charge in [-0.25, -0.2) is 9.78 Å². The molecule has 3 rings (SSSR count). The lowest BCUT2D eigenvalue weighted by Gasteiger charge is -2.31. The quantitative estimate of drug-likeness (QED) is 0.739. The summed E-state index contributed by atoms with van der Waals surface area (Å²) in [5.41, 5.74) is 2.09. The van der Waals surface area contributed by atoms with Crippen molar-refractivity contribution in [3.63, 3.8) is 0 Å². The van der Waals surface area contributed by atoms with E-state index in [-0.39, 0.29) is 12.0 Å². The zero-order valence-corrected chi connectivity index (χ0v) is 13.7. The van der Waals surface area contributed by atoms with E-state index in [0.717, 1.165) is 42.7 Å². The summed E-state index contributed by atoms with van der Waals surface area (Å²) in [6.45, 7) is 6.57. The van der Waals surface area contributed by atoms with Crippen LogP contribution in [0.2, 0.25) is 0 Å². The molecule has 1 aliphatic rings. The Morgan fingerprint density at radius 1 is 1.52 bits per heavy atom. The van der Waals surface area contributed by atoms with E-state index in [0.29, 0.717) is 18.1 Å². The molecular weight excluding hydrogens is 292 g/mol. The van der Waals surface area contributed by atoms with Crippen LogP contribution >= 0.6 is 0 Å². The second-order valence-electron chi connectivity index (χ2n) is 6.14. The maximum absolute atomic E-state index is 12.4. The average Bonchev–Trinajstić information content (AvgIpc) is 3.04. The van der Waals surface area contributed by atoms with Crippen molar-refractivity contribution in [3.8, 4) is 0 Å². The van der Waals surface area contributed by atoms with Gasteiger partial charge in [0.1, 0.15) is 11.2 Å². The summed E-state index contributed by atoms with van der Waals surface area (Å²) >= 11 is 0. The van der Waals surface area contributed by atoms with Gasteiger partial charge in [-0.3, -0.25) is 0 Å². The Labute approximate surface area is 136 Å². The number of rotatable bonds is 5. The number of aromatic amines is 1. The van der Waals surface area contributed by atoms with Crippen molar-refractivity contribution in [3.05, 3.63) is 24.0 Å². The average molecular weight is 316 g/mol. The van der Waals surface area contributed by atoms with Crippen molar-refractivity contribution < 1.29 is 9.53 Å². The molecule has 0 spiro atoms. The number of H-pyrrole nitrogens is 1. The molecule has 0 amide bonds. The molecule has 6 nitrogen and oxygen atoms in total. The molecule has 3 heterocycles. The second kappa shape index (κ2) is 7.00. The highest BCUT2D eigenvalue weighted by molar-refractivity contribution is 6.04. The van der Waals surface area contributed by atoms with Crippen LogP contribution in [0.3, 0.4) is 0 Å². The van der Waals surface area contributed by atoms with Crippen molar-refractivity contribution >= 4 is 22.7 Å². The number of hydrogen-bond donors (Lipinski definition) is 3. The standard InChI is InChI=1S/C17H24N4O2/c1-3-8-23-17(22)13-9-20-16-12(5-7-19-16)15(13)21-14-10-18-6-4-11(14)2/h5,7,9,11,14,18H,3-4,6,8,10H2,1-2H3,(H2,19,20,21)/t11-,14+/m1/s1. The minimum Gasteiger partial charge on any atom is -0.462 e. The van der Waals surface area contributed by atoms with Gasteiger partial charge in [0.15, 0.2) is 0 Å². The van der Waals surface area contributed by atoms with Crippen LogP contribution in [0.25, 0.3) is 11.0 Å². The maximum Gasteiger partial charge on any atom is 0.341 e. The Kier molecular flexibility index (Phi) is 4.81. The summed E-state index contributed by atoms with van der Waals surface area (Å²) in [6.07, 6.45) is 5.36. The van der Waals surface area contributed by atoms with Gasteiger partial charge in [0.05, 0.1) is 12.3 Å². The van der Waals surface area contributed by atoms with Crippen molar-refractivity contribution in [2.24, 2.45) is 5.92 Å². The summed E-state index contributed by atoms with van der Waals surface area (Å²) < 4.78 is 5.31. The van der Waals surface area contributed by atoms with Gasteiger partial charge in [-0.1, -0.05) is 13.8 Å². The monoisotopic (exact) mass is 316 g/mol. The van der Waals surface area contributed by atoms with Gasteiger partial charge in [0.2, 0.25) is 0 Å². The molecule has 0 saturated carbocycles. The maximum atomic E-state index is 12.4. The van der Waals surface area contributed by atoms with Crippen LogP contribution in [-0.4, -0.2) is 41.7 Å². The minimum absolute atomic E-state index is 0.280. The van der Waals surface area contributed by atoms with Crippen LogP contribution < -0.4 is 10.6 Å². The first-order chi connectivity index (χ1) is 11.2. The molecule has 1 aliphatic heterocycles. The van der Waals surface area contributed by atoms with E-state index in [1.54, 1.807) is 6.20 Å². The van der Waals surface area contributed by atoms with Crippen LogP contribution in [0.15, 0.2) is 18.5 Å². The molecule has 0 bridgehead atoms. The lowest BCUT2D eigenvalue weighted by atomic mass is 9.94. The van der Waals surface area contributed by atoms with Gasteiger partial charge in [0, 0.05) is 30.4 Å². The summed E-state index contributed by atoms with van der Waals surface area (Å²) in [6, 6.07) is 2.23. The lowest BCUT2D eigenvalue weighted by Crippen LogP contribution is -2.44. The third-order valence-electron chi connectivity index (χ3n) is 4.40. The normalized spacial score (nSPS) is 21.3. The van der Waals surface area contributed by atoms with E-state index in [1.165, 1.54) is 0 Å². The number of carbonyl (C=O) groups excluding carboxylic acids is 1. The first kappa shape index (κ1) is 15.8. The van der Waals surface area contributed by atoms with E-state index in [4.69, 9.17) is 4.74 Å². The predicted molar refractivity (Wildman–Crippen MR) is 90.7 cm³/mol. The van der Waals surface area contributed by atoms with E-state index in [1.807, 2.05) is 19.2 Å². The molecule has 0 unspecified atom stereocenters. The van der Waals surface area contributed by atoms with Gasteiger partial charge in [-0.2, -0.15) is 0 Å². The molecule has 124 valence electrons. The topological polar surface area (TPSA) is 79.0 Å². The molecule has 23 heavy (non-hydrogen) atoms. The molecule has 0 radical (unpaired) electrons. The second-order valence-corrected chi connectivity index (χ2v) is 6.14. The number of nitrogens with zero attached hydrogens (tertiary/aromatic N) is 1. The third kappa shape index (κ3) is 3.32. The number of pyridine rings is 1. The molecular formula is C17H24N4O2. The molecule has 3 N–H and O–H groups in total. The Bertz CT molecular complexity index is 682. The Hall–Kier alpha value is -2.08. The fourth-order valence-corrected chi connectivity index (χ4v) is 2.96. The van der Waals surface area contributed by atoms with Gasteiger partial charge >= 0.3 is 5.97 Å². The lowest BCUT2D eigenvalue weighted by molar-refractivity contribution is 0.0506. The molecule has 2 aromatic rings. The molecule has 0 aliphatic carbocycles. The number of piperidine rings is 1. The van der Waals surface area contributed by atoms with Gasteiger partial charge in [0.25, 0.3) is 0 Å². The van der Waals surface area contributed by atoms with Crippen LogP contribution in [0, 0.1) is 5.92 Å². The highest BCUT2D eigenvalue weighted by Crippen LogP contribution is 2.28. The third-order valence-corrected chi connectivity index (χ3v) is 4.40. The molecule has 2 atom stereocenters. The van der Waals surface area contributed by atoms with E-state index < -0.39 is 0 Å². The highest BCUT2D eigenvalue weighted by atomic mass is 16.5. The number of hydrogen-bond acceptors (Lipinski definition) is 5. The number of anilines is 1. The Morgan fingerprint density at radius 3 is 3.17 bits per heavy atom. The highest BCUT2D eigenvalue weighted by Gasteiger charge is 2.25. The first-order valence-electron chi connectivity index (χ1n) is 8.31. The Morgan fingerprint density at radius 2 is 2.39 bits per heavy atom. The van der Waals surface area contributed by atoms with E-state index >= 15 is 0 Å². The number of ether oxygens (including phenoxy) is 1. The van der Waals surface area contributed by atoms with E-state index in [2.05, 4.69) is 27.5 Å². The SMILES string of the molecule is CCCOC(=O)c1cnc2[nH]ccc2c1N[C@H]1CNCC[C@H]1C. The van der Waals surface area contributed by atoms with Crippen LogP contribution in [0.4, 0.5) is 5.69 Å². The smallest absolute Gasteiger partial charge is 0.341 e. The summed E-state index contributed by atoms with van der Waals surface area (Å²) in [7, 11) is 0. The van der Waals surface area contributed by atoms with Crippen LogP contribution in [0.1, 0.15) is 37.0 Å². The van der Waals surface area contributed by atoms with E-state index in [9.17, 15) is 4.79 Å². The molecule has 2 aromatic heterocycles. The first-order valence-corrected chi connectivity index (χ1v) is 8.31. The number of carbonyl (C=O) groups is 1. The van der Waals surface area contributed by atoms with Crippen LogP contribution in [-0.2, 0) is 4.74 Å². The zero-order valence-electron chi connectivity index (χ0n) is 13.7. The zero-order chi connectivity index (χ0) is 16.2.